The van der Waals surface area contributed by atoms with Gasteiger partial charge in [0.05, 0.1) is 12.2 Å². The van der Waals surface area contributed by atoms with Crippen LogP contribution >= 0.6 is 23.5 Å². The lowest BCUT2D eigenvalue weighted by atomic mass is 10.1. The molecular weight excluding hydrogens is 409 g/mol. The molecule has 0 saturated heterocycles. The summed E-state index contributed by atoms with van der Waals surface area (Å²) in [5.41, 5.74) is 1.82. The summed E-state index contributed by atoms with van der Waals surface area (Å²) in [6, 6.07) is 10.0. The van der Waals surface area contributed by atoms with Crippen LogP contribution in [0, 0.1) is 0 Å². The summed E-state index contributed by atoms with van der Waals surface area (Å²) >= 11 is 2.29. The Labute approximate surface area is 167 Å². The van der Waals surface area contributed by atoms with Gasteiger partial charge in [0.15, 0.2) is 0 Å². The van der Waals surface area contributed by atoms with Crippen molar-refractivity contribution in [2.24, 2.45) is 0 Å². The fourth-order valence-corrected chi connectivity index (χ4v) is 4.22. The van der Waals surface area contributed by atoms with Gasteiger partial charge in [-0.3, -0.25) is 0 Å². The van der Waals surface area contributed by atoms with Gasteiger partial charge in [-0.2, -0.15) is 13.2 Å². The van der Waals surface area contributed by atoms with Gasteiger partial charge in [0.25, 0.3) is 5.22 Å². The van der Waals surface area contributed by atoms with E-state index in [0.717, 1.165) is 35.1 Å². The number of benzene rings is 2. The van der Waals surface area contributed by atoms with Crippen molar-refractivity contribution in [3.05, 3.63) is 53.1 Å². The summed E-state index contributed by atoms with van der Waals surface area (Å²) in [6.07, 6.45) is -1.91. The minimum atomic E-state index is -4.38. The molecule has 2 aromatic carbocycles. The number of aromatic nitrogens is 2. The monoisotopic (exact) mass is 424 g/mol. The van der Waals surface area contributed by atoms with E-state index in [4.69, 9.17) is 9.15 Å². The Balaban J connectivity index is 1.48. The summed E-state index contributed by atoms with van der Waals surface area (Å²) in [5.74, 6) is 1.55. The van der Waals surface area contributed by atoms with Gasteiger partial charge in [0, 0.05) is 22.6 Å². The molecule has 4 rings (SSSR count). The van der Waals surface area contributed by atoms with Crippen molar-refractivity contribution in [1.82, 2.24) is 10.2 Å². The maximum atomic E-state index is 13.2. The Morgan fingerprint density at radius 3 is 2.75 bits per heavy atom. The lowest BCUT2D eigenvalue weighted by molar-refractivity contribution is -0.139. The van der Waals surface area contributed by atoms with Crippen molar-refractivity contribution in [3.8, 4) is 17.2 Å². The molecule has 0 spiro atoms. The number of hydrogen-bond donors (Lipinski definition) is 0. The van der Waals surface area contributed by atoms with Gasteiger partial charge in [-0.25, -0.2) is 0 Å². The van der Waals surface area contributed by atoms with Gasteiger partial charge < -0.3 is 9.15 Å². The van der Waals surface area contributed by atoms with Crippen LogP contribution in [-0.4, -0.2) is 23.1 Å². The van der Waals surface area contributed by atoms with Crippen LogP contribution in [0.5, 0.6) is 5.75 Å². The van der Waals surface area contributed by atoms with Crippen molar-refractivity contribution in [1.29, 1.82) is 0 Å². The molecule has 1 aliphatic heterocycles. The van der Waals surface area contributed by atoms with E-state index in [-0.39, 0.29) is 4.90 Å². The second-order valence-corrected chi connectivity index (χ2v) is 7.89. The molecule has 28 heavy (non-hydrogen) atoms. The molecule has 0 saturated carbocycles. The number of halogens is 3. The van der Waals surface area contributed by atoms with Crippen LogP contribution in [-0.2, 0) is 18.3 Å². The van der Waals surface area contributed by atoms with E-state index >= 15 is 0 Å². The standard InChI is InChI=1S/C19H15F3N2O2S2/c1-27-16-5-2-11(8-14(16)19(20,21)22)10-28-18-24-23-17(26-18)13-3-4-15-12(9-13)6-7-25-15/h2-5,8-9H,6-7,10H2,1H3. The normalized spacial score (nSPS) is 13.4. The lowest BCUT2D eigenvalue weighted by Gasteiger charge is -2.12. The number of ether oxygens (including phenoxy) is 1. The molecule has 0 fully saturated rings. The smallest absolute Gasteiger partial charge is 0.417 e. The van der Waals surface area contributed by atoms with E-state index in [1.54, 1.807) is 12.3 Å². The van der Waals surface area contributed by atoms with Crippen molar-refractivity contribution in [2.45, 2.75) is 28.5 Å². The van der Waals surface area contributed by atoms with Crippen molar-refractivity contribution >= 4 is 23.5 Å². The summed E-state index contributed by atoms with van der Waals surface area (Å²) in [7, 11) is 0. The number of hydrogen-bond acceptors (Lipinski definition) is 6. The first-order valence-corrected chi connectivity index (χ1v) is 10.6. The maximum Gasteiger partial charge on any atom is 0.417 e. The molecule has 9 heteroatoms. The summed E-state index contributed by atoms with van der Waals surface area (Å²) in [4.78, 5) is 0.210. The Morgan fingerprint density at radius 1 is 1.11 bits per heavy atom. The lowest BCUT2D eigenvalue weighted by Crippen LogP contribution is -2.07. The van der Waals surface area contributed by atoms with Gasteiger partial charge in [-0.1, -0.05) is 17.8 Å². The van der Waals surface area contributed by atoms with Gasteiger partial charge in [-0.05, 0) is 47.7 Å². The van der Waals surface area contributed by atoms with E-state index in [0.29, 0.717) is 29.0 Å². The highest BCUT2D eigenvalue weighted by Gasteiger charge is 2.33. The van der Waals surface area contributed by atoms with Crippen LogP contribution in [0.3, 0.4) is 0 Å². The third kappa shape index (κ3) is 4.00. The Hall–Kier alpha value is -2.13. The quantitative estimate of drug-likeness (QED) is 0.490. The molecule has 3 aromatic rings. The third-order valence-electron chi connectivity index (χ3n) is 4.27. The number of thioether (sulfide) groups is 2. The Morgan fingerprint density at radius 2 is 1.96 bits per heavy atom. The number of alkyl halides is 3. The average Bonchev–Trinajstić information content (AvgIpc) is 3.34. The van der Waals surface area contributed by atoms with Crippen molar-refractivity contribution < 1.29 is 22.3 Å². The predicted octanol–water partition coefficient (Wildman–Crippen LogP) is 5.70. The van der Waals surface area contributed by atoms with Crippen molar-refractivity contribution in [3.63, 3.8) is 0 Å². The molecule has 146 valence electrons. The minimum absolute atomic E-state index is 0.210. The summed E-state index contributed by atoms with van der Waals surface area (Å²) in [6.45, 7) is 0.666. The van der Waals surface area contributed by atoms with Crippen LogP contribution in [0.4, 0.5) is 13.2 Å². The van der Waals surface area contributed by atoms with E-state index in [2.05, 4.69) is 10.2 Å². The maximum absolute atomic E-state index is 13.2. The molecule has 0 N–H and O–H groups in total. The van der Waals surface area contributed by atoms with E-state index in [9.17, 15) is 13.2 Å². The fourth-order valence-electron chi connectivity index (χ4n) is 2.92. The van der Waals surface area contributed by atoms with Crippen LogP contribution in [0.1, 0.15) is 16.7 Å². The van der Waals surface area contributed by atoms with E-state index in [1.165, 1.54) is 23.9 Å². The largest absolute Gasteiger partial charge is 0.493 e. The molecule has 0 aliphatic carbocycles. The van der Waals surface area contributed by atoms with Gasteiger partial charge in [0.2, 0.25) is 5.89 Å². The molecular formula is C19H15F3N2O2S2. The zero-order valence-corrected chi connectivity index (χ0v) is 16.4. The SMILES string of the molecule is CSc1ccc(CSc2nnc(-c3ccc4c(c3)CCO4)o2)cc1C(F)(F)F. The predicted molar refractivity (Wildman–Crippen MR) is 102 cm³/mol. The average molecular weight is 424 g/mol. The zero-order valence-electron chi connectivity index (χ0n) is 14.7. The summed E-state index contributed by atoms with van der Waals surface area (Å²) in [5, 5.41) is 8.36. The first kappa shape index (κ1) is 19.2. The van der Waals surface area contributed by atoms with Crippen LogP contribution in [0.25, 0.3) is 11.5 Å². The number of nitrogens with zero attached hydrogens (tertiary/aromatic N) is 2. The van der Waals surface area contributed by atoms with Gasteiger partial charge >= 0.3 is 6.18 Å². The molecule has 1 aliphatic rings. The number of rotatable bonds is 5. The first-order valence-electron chi connectivity index (χ1n) is 8.40. The Bertz CT molecular complexity index is 1010. The molecule has 2 heterocycles. The highest BCUT2D eigenvalue weighted by atomic mass is 32.2. The Kier molecular flexibility index (Phi) is 5.29. The molecule has 0 radical (unpaired) electrons. The second-order valence-electron chi connectivity index (χ2n) is 6.12. The zero-order chi connectivity index (χ0) is 19.7. The molecule has 4 nitrogen and oxygen atoms in total. The highest BCUT2D eigenvalue weighted by Crippen LogP contribution is 2.37. The topological polar surface area (TPSA) is 48.2 Å². The van der Waals surface area contributed by atoms with Crippen LogP contribution < -0.4 is 4.74 Å². The highest BCUT2D eigenvalue weighted by molar-refractivity contribution is 7.98. The third-order valence-corrected chi connectivity index (χ3v) is 5.96. The molecule has 0 amide bonds. The second kappa shape index (κ2) is 7.71. The van der Waals surface area contributed by atoms with Crippen LogP contribution in [0.15, 0.2) is 50.9 Å². The van der Waals surface area contributed by atoms with Gasteiger partial charge in [0.1, 0.15) is 5.75 Å². The fraction of sp³-hybridized carbons (Fsp3) is 0.263. The van der Waals surface area contributed by atoms with E-state index < -0.39 is 11.7 Å². The van der Waals surface area contributed by atoms with E-state index in [1.807, 2.05) is 18.2 Å². The molecule has 0 atom stereocenters. The van der Waals surface area contributed by atoms with Crippen molar-refractivity contribution in [2.75, 3.05) is 12.9 Å². The summed E-state index contributed by atoms with van der Waals surface area (Å²) < 4.78 is 50.7. The molecule has 0 bridgehead atoms. The van der Waals surface area contributed by atoms with Gasteiger partial charge in [-0.15, -0.1) is 22.0 Å². The minimum Gasteiger partial charge on any atom is -0.493 e. The number of fused-ring (bicyclic) bond motifs is 1. The molecule has 0 unspecified atom stereocenters. The van der Waals surface area contributed by atoms with Crippen LogP contribution in [0.2, 0.25) is 0 Å². The molecule has 1 aromatic heterocycles. The first-order chi connectivity index (χ1) is 13.4.